The van der Waals surface area contributed by atoms with E-state index in [0.29, 0.717) is 60.0 Å². The first-order valence-electron chi connectivity index (χ1n) is 46.6. The number of hydrogen-bond acceptors (Lipinski definition) is 11. The van der Waals surface area contributed by atoms with Gasteiger partial charge in [0, 0.05) is 61.4 Å². The molecule has 0 saturated heterocycles. The van der Waals surface area contributed by atoms with Gasteiger partial charge >= 0.3 is 5.97 Å². The molecule has 646 valence electrons. The Labute approximate surface area is 740 Å². The Morgan fingerprint density at radius 1 is 0.368 bits per heavy atom. The van der Waals surface area contributed by atoms with Crippen LogP contribution in [-0.4, -0.2) is 67.8 Å². The number of unbranched alkanes of at least 4 members (excludes halogenated alkanes) is 24. The number of anilines is 3. The van der Waals surface area contributed by atoms with Gasteiger partial charge in [-0.05, 0) is 218 Å². The molecule has 6 heterocycles. The summed E-state index contributed by atoms with van der Waals surface area (Å²) >= 11 is 0. The maximum Gasteiger partial charge on any atom is 0.335 e. The molecule has 8 bridgehead atoms. The van der Waals surface area contributed by atoms with Crippen LogP contribution in [0.2, 0.25) is 0 Å². The highest BCUT2D eigenvalue weighted by Crippen LogP contribution is 2.47. The third kappa shape index (κ3) is 22.7. The smallest absolute Gasteiger partial charge is 0.335 e. The standard InChI is InChI=1S/C111H125N7O7/c1-9-13-17-21-23-25-27-29-31-35-71-121-100-41-37-39-79(7)104(100)106-94-65-63-92(112-94)91(62-54-84-53-61-90(109-108(84)116-125-117-109)83-45-47-85(48-46-83)111(119)120)93-64-66-95(113-93)107(105-80(8)40-38-42-101(105)122-72-36-32-30-28-26-24-22-18-14-10-2)97-68-70-99(115-97)110(98-69-67-96(106)114-98)118(86-55-49-81(50-56-86)88-59-43-77(5)75-102(88)123-73-33-19-15-11-3)87-57-51-82(52-58-87)89-60-44-78(6)76-103(89)124-74-34-20-16-12-4/h37-53,55-61,63-70,75-76,112,115H,9-36,71-74H2,1-8H3,(H,119,120). The second-order valence-electron chi connectivity index (χ2n) is 33.9. The van der Waals surface area contributed by atoms with E-state index in [2.05, 4.69) is 262 Å². The molecule has 2 aliphatic rings. The van der Waals surface area contributed by atoms with E-state index >= 15 is 0 Å². The predicted molar refractivity (Wildman–Crippen MR) is 518 cm³/mol. The zero-order chi connectivity index (χ0) is 86.6. The average Bonchev–Trinajstić information content (AvgIpc) is 1.63. The van der Waals surface area contributed by atoms with E-state index in [1.54, 1.807) is 24.3 Å². The Balaban J connectivity index is 0.995. The van der Waals surface area contributed by atoms with Gasteiger partial charge in [0.15, 0.2) is 5.52 Å². The minimum absolute atomic E-state index is 0.182. The zero-order valence-electron chi connectivity index (χ0n) is 74.9. The molecule has 3 N–H and O–H groups in total. The lowest BCUT2D eigenvalue weighted by Gasteiger charge is -2.27. The van der Waals surface area contributed by atoms with Crippen LogP contribution in [0.1, 0.15) is 274 Å². The van der Waals surface area contributed by atoms with E-state index < -0.39 is 5.97 Å². The first-order valence-corrected chi connectivity index (χ1v) is 46.6. The number of carboxylic acids is 1. The van der Waals surface area contributed by atoms with Gasteiger partial charge in [-0.2, -0.15) is 0 Å². The van der Waals surface area contributed by atoms with Crippen LogP contribution in [0.25, 0.3) is 113 Å². The van der Waals surface area contributed by atoms with E-state index in [1.165, 1.54) is 116 Å². The minimum atomic E-state index is -1.01. The van der Waals surface area contributed by atoms with Crippen LogP contribution >= 0.6 is 0 Å². The van der Waals surface area contributed by atoms with Crippen LogP contribution in [0.5, 0.6) is 23.0 Å². The molecule has 12 aromatic rings. The molecule has 0 fully saturated rings. The van der Waals surface area contributed by atoms with E-state index in [9.17, 15) is 9.90 Å². The molecule has 125 heavy (non-hydrogen) atoms. The number of rotatable bonds is 45. The van der Waals surface area contributed by atoms with Crippen LogP contribution in [0.15, 0.2) is 187 Å². The molecule has 0 spiro atoms. The summed E-state index contributed by atoms with van der Waals surface area (Å²) in [6, 6.07) is 62.9. The molecule has 0 amide bonds. The Bertz CT molecular complexity index is 5750. The van der Waals surface area contributed by atoms with Gasteiger partial charge < -0.3 is 38.9 Å². The quantitative estimate of drug-likeness (QED) is 0.0244. The fourth-order valence-electron chi connectivity index (χ4n) is 17.3. The second kappa shape index (κ2) is 44.9. The van der Waals surface area contributed by atoms with Crippen LogP contribution in [0, 0.1) is 39.5 Å². The fraction of sp³-hybridized carbons (Fsp3) is 0.360. The third-order valence-corrected chi connectivity index (χ3v) is 24.3. The summed E-state index contributed by atoms with van der Waals surface area (Å²) in [6.07, 6.45) is 41.9. The van der Waals surface area contributed by atoms with Crippen LogP contribution in [-0.2, 0) is 0 Å². The van der Waals surface area contributed by atoms with E-state index in [0.717, 1.165) is 216 Å². The number of aromatic amines is 2. The molecule has 0 atom stereocenters. The Morgan fingerprint density at radius 2 is 0.752 bits per heavy atom. The first-order chi connectivity index (χ1) is 61.4. The molecular weight excluding hydrogens is 1540 g/mol. The largest absolute Gasteiger partial charge is 0.493 e. The topological polar surface area (TPSA) is 174 Å². The summed E-state index contributed by atoms with van der Waals surface area (Å²) in [5.41, 5.74) is 24.5. The fourth-order valence-corrected chi connectivity index (χ4v) is 17.3. The summed E-state index contributed by atoms with van der Waals surface area (Å²) in [5, 5.41) is 18.7. The number of nitrogens with zero attached hydrogens (tertiary/aromatic N) is 5. The summed E-state index contributed by atoms with van der Waals surface area (Å²) in [5.74, 6) is 9.52. The number of hydrogen-bond donors (Lipinski definition) is 3. The summed E-state index contributed by atoms with van der Waals surface area (Å²) in [4.78, 5) is 34.3. The third-order valence-electron chi connectivity index (χ3n) is 24.3. The number of ether oxygens (including phenoxy) is 4. The number of aromatic nitrogens is 6. The van der Waals surface area contributed by atoms with Crippen molar-refractivity contribution in [2.45, 2.75) is 235 Å². The highest BCUT2D eigenvalue weighted by molar-refractivity contribution is 6.02. The molecule has 14 heteroatoms. The van der Waals surface area contributed by atoms with E-state index in [1.807, 2.05) is 12.1 Å². The van der Waals surface area contributed by atoms with Crippen molar-refractivity contribution in [1.82, 2.24) is 30.2 Å². The number of benzene rings is 8. The number of nitrogens with one attached hydrogen (secondary N) is 2. The molecule has 14 nitrogen and oxygen atoms in total. The lowest BCUT2D eigenvalue weighted by Crippen LogP contribution is -2.12. The molecule has 14 rings (SSSR count). The molecule has 0 unspecified atom stereocenters. The summed E-state index contributed by atoms with van der Waals surface area (Å²) < 4.78 is 33.1. The zero-order valence-corrected chi connectivity index (χ0v) is 74.9. The van der Waals surface area contributed by atoms with Gasteiger partial charge in [-0.1, -0.05) is 285 Å². The Hall–Kier alpha value is -12.2. The Kier molecular flexibility index (Phi) is 32.0. The maximum atomic E-state index is 12.0. The molecular formula is C111H125N7O7. The molecule has 0 radical (unpaired) electrons. The summed E-state index contributed by atoms with van der Waals surface area (Å²) in [6.45, 7) is 20.1. The SMILES string of the molecule is CCCCCCCCCCCCOc1cccc(C)c1-c1c2nc(c(N(c3ccc(-c4ccc(C)cc4OCCCCCC)cc3)c3ccc(-c4ccc(C)cc4OCCCCCC)cc3)c3ccc([nH]3)c(-c3c(C)cccc3OCCCCCCCCCCCC)c3nc(c(C#Cc4ccc(-c5ccc(C(=O)O)cc5)c5nonc45)c4ccc1[nH]4)C=C3)C=C2. The van der Waals surface area contributed by atoms with Crippen molar-refractivity contribution in [3.8, 4) is 90.5 Å². The van der Waals surface area contributed by atoms with Crippen LogP contribution in [0.4, 0.5) is 17.1 Å². The predicted octanol–water partition coefficient (Wildman–Crippen LogP) is 30.8. The average molecular weight is 1670 g/mol. The van der Waals surface area contributed by atoms with Gasteiger partial charge in [0.1, 0.15) is 28.5 Å². The molecule has 4 aromatic heterocycles. The maximum absolute atomic E-state index is 12.0. The van der Waals surface area contributed by atoms with E-state index in [4.69, 9.17) is 33.5 Å². The van der Waals surface area contributed by atoms with Gasteiger partial charge in [0.25, 0.3) is 0 Å². The van der Waals surface area contributed by atoms with Crippen molar-refractivity contribution in [2.24, 2.45) is 0 Å². The van der Waals surface area contributed by atoms with Gasteiger partial charge in [-0.15, -0.1) is 0 Å². The minimum Gasteiger partial charge on any atom is -0.493 e. The second-order valence-corrected chi connectivity index (χ2v) is 33.9. The van der Waals surface area contributed by atoms with Crippen LogP contribution in [0.3, 0.4) is 0 Å². The Morgan fingerprint density at radius 3 is 1.23 bits per heavy atom. The van der Waals surface area contributed by atoms with E-state index in [-0.39, 0.29) is 5.56 Å². The van der Waals surface area contributed by atoms with Crippen molar-refractivity contribution >= 4 is 80.4 Å². The van der Waals surface area contributed by atoms with Crippen molar-refractivity contribution in [1.29, 1.82) is 0 Å². The van der Waals surface area contributed by atoms with Crippen LogP contribution < -0.4 is 23.8 Å². The lowest BCUT2D eigenvalue weighted by molar-refractivity contribution is 0.0696. The van der Waals surface area contributed by atoms with Gasteiger partial charge in [0.2, 0.25) is 0 Å². The van der Waals surface area contributed by atoms with Gasteiger partial charge in [-0.25, -0.2) is 19.4 Å². The summed E-state index contributed by atoms with van der Waals surface area (Å²) in [7, 11) is 0. The van der Waals surface area contributed by atoms with Crippen molar-refractivity contribution in [3.05, 3.63) is 244 Å². The number of carbonyl (C=O) groups is 1. The molecule has 2 aliphatic heterocycles. The molecule has 0 aliphatic carbocycles. The molecule has 8 aromatic carbocycles. The monoisotopic (exact) mass is 1670 g/mol. The number of aromatic carboxylic acids is 1. The van der Waals surface area contributed by atoms with Crippen molar-refractivity contribution < 1.29 is 33.5 Å². The highest BCUT2D eigenvalue weighted by atomic mass is 16.6. The highest BCUT2D eigenvalue weighted by Gasteiger charge is 2.27. The normalized spacial score (nSPS) is 11.7. The first kappa shape index (κ1) is 89.1. The van der Waals surface area contributed by atoms with Crippen molar-refractivity contribution in [3.63, 3.8) is 0 Å². The van der Waals surface area contributed by atoms with Gasteiger partial charge in [-0.3, -0.25) is 0 Å². The molecule has 0 saturated carbocycles. The van der Waals surface area contributed by atoms with Crippen molar-refractivity contribution in [2.75, 3.05) is 31.3 Å². The number of H-pyrrole nitrogens is 2. The number of carboxylic acid groups (broad SMARTS) is 1. The lowest BCUT2D eigenvalue weighted by atomic mass is 9.97. The number of fused-ring (bicyclic) bond motifs is 9. The number of aryl methyl sites for hydroxylation is 4. The van der Waals surface area contributed by atoms with Gasteiger partial charge in [0.05, 0.1) is 82.6 Å².